The van der Waals surface area contributed by atoms with Crippen molar-refractivity contribution in [2.75, 3.05) is 29.8 Å². The molecule has 1 aromatic heterocycles. The molecule has 0 spiro atoms. The molecular formula is C22H23ClF2N4O2S2. The van der Waals surface area contributed by atoms with Gasteiger partial charge in [-0.25, -0.2) is 22.2 Å². The van der Waals surface area contributed by atoms with Gasteiger partial charge >= 0.3 is 0 Å². The molecule has 0 unspecified atom stereocenters. The van der Waals surface area contributed by atoms with E-state index in [9.17, 15) is 17.2 Å². The second-order valence-corrected chi connectivity index (χ2v) is 10.8. The van der Waals surface area contributed by atoms with E-state index in [0.717, 1.165) is 25.1 Å². The van der Waals surface area contributed by atoms with E-state index in [2.05, 4.69) is 14.6 Å². The Morgan fingerprint density at radius 2 is 2.12 bits per heavy atom. The first-order valence-corrected chi connectivity index (χ1v) is 13.1. The average molecular weight is 513 g/mol. The van der Waals surface area contributed by atoms with Crippen molar-refractivity contribution in [1.82, 2.24) is 9.88 Å². The summed E-state index contributed by atoms with van der Waals surface area (Å²) >= 11 is 7.61. The SMILES string of the molecule is Cc1cccc(CN2CC[C@H](N(C)c3cc(F)c(S(=O)(=O)Nc4cscn4)cc3Cl)C2)c1F. The lowest BCUT2D eigenvalue weighted by Gasteiger charge is -2.28. The van der Waals surface area contributed by atoms with Crippen molar-refractivity contribution in [2.45, 2.75) is 30.8 Å². The zero-order valence-electron chi connectivity index (χ0n) is 18.1. The third kappa shape index (κ3) is 5.13. The van der Waals surface area contributed by atoms with E-state index < -0.39 is 20.7 Å². The van der Waals surface area contributed by atoms with E-state index in [-0.39, 0.29) is 22.7 Å². The molecule has 1 aliphatic rings. The van der Waals surface area contributed by atoms with Crippen LogP contribution in [0.5, 0.6) is 0 Å². The zero-order chi connectivity index (χ0) is 23.8. The maximum absolute atomic E-state index is 14.9. The Morgan fingerprint density at radius 1 is 1.33 bits per heavy atom. The molecule has 1 atom stereocenters. The number of nitrogens with one attached hydrogen (secondary N) is 1. The number of sulfonamides is 1. The quantitative estimate of drug-likeness (QED) is 0.488. The van der Waals surface area contributed by atoms with Crippen molar-refractivity contribution in [3.8, 4) is 0 Å². The molecule has 4 rings (SSSR count). The van der Waals surface area contributed by atoms with Gasteiger partial charge in [0.2, 0.25) is 0 Å². The van der Waals surface area contributed by atoms with Crippen LogP contribution in [0.4, 0.5) is 20.3 Å². The fourth-order valence-electron chi connectivity index (χ4n) is 3.99. The molecule has 11 heteroatoms. The van der Waals surface area contributed by atoms with Crippen molar-refractivity contribution in [2.24, 2.45) is 0 Å². The molecule has 0 amide bonds. The van der Waals surface area contributed by atoms with Gasteiger partial charge in [-0.2, -0.15) is 0 Å². The number of anilines is 2. The highest BCUT2D eigenvalue weighted by atomic mass is 35.5. The van der Waals surface area contributed by atoms with E-state index in [0.29, 0.717) is 29.9 Å². The van der Waals surface area contributed by atoms with Crippen LogP contribution >= 0.6 is 22.9 Å². The van der Waals surface area contributed by atoms with Gasteiger partial charge in [-0.3, -0.25) is 9.62 Å². The van der Waals surface area contributed by atoms with E-state index in [1.54, 1.807) is 26.1 Å². The van der Waals surface area contributed by atoms with Gasteiger partial charge < -0.3 is 4.90 Å². The van der Waals surface area contributed by atoms with Gasteiger partial charge in [0.1, 0.15) is 16.5 Å². The first kappa shape index (κ1) is 23.9. The summed E-state index contributed by atoms with van der Waals surface area (Å²) in [5.74, 6) is -0.976. The van der Waals surface area contributed by atoms with Crippen molar-refractivity contribution >= 4 is 44.5 Å². The Hall–Kier alpha value is -2.27. The van der Waals surface area contributed by atoms with Crippen molar-refractivity contribution in [3.63, 3.8) is 0 Å². The van der Waals surface area contributed by atoms with Crippen LogP contribution in [0.2, 0.25) is 5.02 Å². The summed E-state index contributed by atoms with van der Waals surface area (Å²) in [4.78, 5) is 7.31. The van der Waals surface area contributed by atoms with Crippen LogP contribution in [0.1, 0.15) is 17.5 Å². The predicted molar refractivity (Wildman–Crippen MR) is 128 cm³/mol. The van der Waals surface area contributed by atoms with E-state index in [4.69, 9.17) is 11.6 Å². The normalized spacial score (nSPS) is 16.8. The van der Waals surface area contributed by atoms with Crippen LogP contribution in [-0.4, -0.2) is 44.5 Å². The van der Waals surface area contributed by atoms with Crippen LogP contribution in [0.3, 0.4) is 0 Å². The number of aryl methyl sites for hydroxylation is 1. The molecule has 0 radical (unpaired) electrons. The smallest absolute Gasteiger partial charge is 0.266 e. The molecule has 33 heavy (non-hydrogen) atoms. The molecule has 2 aromatic carbocycles. The highest BCUT2D eigenvalue weighted by Crippen LogP contribution is 2.34. The Labute approximate surface area is 200 Å². The summed E-state index contributed by atoms with van der Waals surface area (Å²) in [7, 11) is -2.38. The predicted octanol–water partition coefficient (Wildman–Crippen LogP) is 4.89. The lowest BCUT2D eigenvalue weighted by molar-refractivity contribution is 0.320. The van der Waals surface area contributed by atoms with E-state index >= 15 is 0 Å². The van der Waals surface area contributed by atoms with Gasteiger partial charge in [0.15, 0.2) is 5.82 Å². The first-order valence-electron chi connectivity index (χ1n) is 10.2. The maximum Gasteiger partial charge on any atom is 0.266 e. The summed E-state index contributed by atoms with van der Waals surface area (Å²) in [6.45, 7) is 3.63. The standard InChI is InChI=1S/C22H23ClF2N4O2S2/c1-14-4-3-5-15(22(14)25)10-29-7-6-16(11-29)28(2)19-9-18(24)20(8-17(19)23)33(30,31)27-21-12-32-13-26-21/h3-5,8-9,12-13,16,27H,6-7,10-11H2,1-2H3/t16-/m0/s1. The third-order valence-corrected chi connectivity index (χ3v) is 8.06. The zero-order valence-corrected chi connectivity index (χ0v) is 20.4. The van der Waals surface area contributed by atoms with Gasteiger partial charge in [0.25, 0.3) is 10.0 Å². The lowest BCUT2D eigenvalue weighted by Crippen LogP contribution is -2.34. The molecule has 176 valence electrons. The molecule has 0 bridgehead atoms. The Kier molecular flexibility index (Phi) is 6.90. The molecular weight excluding hydrogens is 490 g/mol. The third-order valence-electron chi connectivity index (χ3n) is 5.80. The number of nitrogens with zero attached hydrogens (tertiary/aromatic N) is 3. The summed E-state index contributed by atoms with van der Waals surface area (Å²) in [6.07, 6.45) is 0.785. The Balaban J connectivity index is 1.49. The molecule has 1 aliphatic heterocycles. The van der Waals surface area contributed by atoms with Gasteiger partial charge in [-0.05, 0) is 25.0 Å². The van der Waals surface area contributed by atoms with Crippen LogP contribution < -0.4 is 9.62 Å². The Bertz CT molecular complexity index is 1260. The minimum atomic E-state index is -4.18. The Morgan fingerprint density at radius 3 is 2.85 bits per heavy atom. The molecule has 6 nitrogen and oxygen atoms in total. The highest BCUT2D eigenvalue weighted by Gasteiger charge is 2.29. The molecule has 1 N–H and O–H groups in total. The highest BCUT2D eigenvalue weighted by molar-refractivity contribution is 7.92. The summed E-state index contributed by atoms with van der Waals surface area (Å²) in [5, 5.41) is 1.63. The summed E-state index contributed by atoms with van der Waals surface area (Å²) < 4.78 is 56.7. The second kappa shape index (κ2) is 9.54. The van der Waals surface area contributed by atoms with Gasteiger partial charge in [0.05, 0.1) is 16.2 Å². The molecule has 1 fully saturated rings. The topological polar surface area (TPSA) is 65.5 Å². The first-order chi connectivity index (χ1) is 15.7. The van der Waals surface area contributed by atoms with Crippen molar-refractivity contribution in [3.05, 3.63) is 69.0 Å². The van der Waals surface area contributed by atoms with E-state index in [1.165, 1.54) is 22.2 Å². The molecule has 0 saturated carbocycles. The monoisotopic (exact) mass is 512 g/mol. The second-order valence-electron chi connectivity index (χ2n) is 8.05. The number of benzene rings is 2. The lowest BCUT2D eigenvalue weighted by atomic mass is 10.1. The van der Waals surface area contributed by atoms with Gasteiger partial charge in [-0.15, -0.1) is 11.3 Å². The van der Waals surface area contributed by atoms with E-state index in [1.807, 2.05) is 11.0 Å². The minimum absolute atomic E-state index is 0.0189. The molecule has 0 aliphatic carbocycles. The van der Waals surface area contributed by atoms with Crippen LogP contribution in [0, 0.1) is 18.6 Å². The number of thiazole rings is 1. The largest absolute Gasteiger partial charge is 0.369 e. The number of halogens is 3. The van der Waals surface area contributed by atoms with Crippen molar-refractivity contribution < 1.29 is 17.2 Å². The fourth-order valence-corrected chi connectivity index (χ4v) is 6.00. The molecule has 1 saturated heterocycles. The van der Waals surface area contributed by atoms with Crippen LogP contribution in [0.25, 0.3) is 0 Å². The number of likely N-dealkylation sites (tertiary alicyclic amines) is 1. The number of hydrogen-bond donors (Lipinski definition) is 1. The number of aromatic nitrogens is 1. The average Bonchev–Trinajstić information content (AvgIpc) is 3.44. The van der Waals surface area contributed by atoms with Crippen molar-refractivity contribution in [1.29, 1.82) is 0 Å². The van der Waals surface area contributed by atoms with Crippen LogP contribution in [-0.2, 0) is 16.6 Å². The minimum Gasteiger partial charge on any atom is -0.369 e. The maximum atomic E-state index is 14.9. The summed E-state index contributed by atoms with van der Waals surface area (Å²) in [5.41, 5.74) is 3.12. The molecule has 3 aromatic rings. The van der Waals surface area contributed by atoms with Gasteiger partial charge in [0, 0.05) is 49.7 Å². The fraction of sp³-hybridized carbons (Fsp3) is 0.318. The number of hydrogen-bond acceptors (Lipinski definition) is 6. The summed E-state index contributed by atoms with van der Waals surface area (Å²) in [6, 6.07) is 7.64. The number of rotatable bonds is 7. The van der Waals surface area contributed by atoms with Gasteiger partial charge in [-0.1, -0.05) is 29.8 Å². The number of likely N-dealkylation sites (N-methyl/N-ethyl adjacent to an activating group) is 1. The molecule has 2 heterocycles. The van der Waals surface area contributed by atoms with Crippen LogP contribution in [0.15, 0.2) is 46.1 Å².